The Bertz CT molecular complexity index is 971. The highest BCUT2D eigenvalue weighted by Gasteiger charge is 2.19. The fraction of sp³-hybridized carbons (Fsp3) is 0.333. The molecule has 0 bridgehead atoms. The van der Waals surface area contributed by atoms with Gasteiger partial charge in [-0.1, -0.05) is 0 Å². The Morgan fingerprint density at radius 1 is 1.11 bits per heavy atom. The summed E-state index contributed by atoms with van der Waals surface area (Å²) in [6.45, 7) is -0.987. The van der Waals surface area contributed by atoms with Crippen molar-refractivity contribution >= 4 is 11.9 Å². The van der Waals surface area contributed by atoms with E-state index in [9.17, 15) is 19.2 Å². The largest absolute Gasteiger partial charge is 0.497 e. The number of rotatable bonds is 8. The SMILES string of the molecule is COc1cc(CN(CC(=O)O)C(=O)Cn2ccc(=O)n(C)c2=O)cc(OC)c1. The fourth-order valence-corrected chi connectivity index (χ4v) is 2.56. The van der Waals surface area contributed by atoms with Gasteiger partial charge in [-0.05, 0) is 17.7 Å². The first-order valence-corrected chi connectivity index (χ1v) is 8.23. The monoisotopic (exact) mass is 391 g/mol. The number of hydrogen-bond donors (Lipinski definition) is 1. The van der Waals surface area contributed by atoms with E-state index in [0.717, 1.165) is 20.1 Å². The maximum atomic E-state index is 12.7. The average molecular weight is 391 g/mol. The number of carbonyl (C=O) groups is 2. The lowest BCUT2D eigenvalue weighted by Gasteiger charge is -2.22. The number of benzene rings is 1. The lowest BCUT2D eigenvalue weighted by atomic mass is 10.2. The molecule has 1 heterocycles. The van der Waals surface area contributed by atoms with Crippen molar-refractivity contribution in [2.24, 2.45) is 7.05 Å². The molecule has 0 aliphatic carbocycles. The number of amides is 1. The van der Waals surface area contributed by atoms with Gasteiger partial charge in [-0.15, -0.1) is 0 Å². The van der Waals surface area contributed by atoms with Crippen molar-refractivity contribution in [1.29, 1.82) is 0 Å². The normalized spacial score (nSPS) is 10.4. The van der Waals surface area contributed by atoms with Gasteiger partial charge in [0.15, 0.2) is 0 Å². The molecule has 0 radical (unpaired) electrons. The number of aromatic nitrogens is 2. The number of ether oxygens (including phenoxy) is 2. The first-order chi connectivity index (χ1) is 13.2. The Balaban J connectivity index is 2.30. The van der Waals surface area contributed by atoms with Crippen molar-refractivity contribution in [3.05, 3.63) is 56.9 Å². The van der Waals surface area contributed by atoms with Crippen molar-refractivity contribution in [1.82, 2.24) is 14.0 Å². The maximum absolute atomic E-state index is 12.7. The van der Waals surface area contributed by atoms with Crippen LogP contribution in [0.5, 0.6) is 11.5 Å². The number of carboxylic acid groups (broad SMARTS) is 1. The van der Waals surface area contributed by atoms with Crippen LogP contribution in [0.15, 0.2) is 40.1 Å². The summed E-state index contributed by atoms with van der Waals surface area (Å²) >= 11 is 0. The summed E-state index contributed by atoms with van der Waals surface area (Å²) in [6.07, 6.45) is 1.20. The van der Waals surface area contributed by atoms with Gasteiger partial charge in [0.1, 0.15) is 24.6 Å². The summed E-state index contributed by atoms with van der Waals surface area (Å²) in [5.74, 6) is -0.807. The molecule has 10 nitrogen and oxygen atoms in total. The summed E-state index contributed by atoms with van der Waals surface area (Å²) in [7, 11) is 4.25. The first kappa shape index (κ1) is 20.7. The van der Waals surface area contributed by atoms with Crippen LogP contribution in [0.1, 0.15) is 5.56 Å². The minimum Gasteiger partial charge on any atom is -0.497 e. The van der Waals surface area contributed by atoms with Gasteiger partial charge in [0.25, 0.3) is 5.56 Å². The van der Waals surface area contributed by atoms with E-state index < -0.39 is 36.2 Å². The average Bonchev–Trinajstić information content (AvgIpc) is 2.67. The molecule has 150 valence electrons. The molecule has 1 amide bonds. The van der Waals surface area contributed by atoms with Crippen LogP contribution in [-0.2, 0) is 29.7 Å². The molecule has 1 N–H and O–H groups in total. The number of hydrogen-bond acceptors (Lipinski definition) is 6. The summed E-state index contributed by atoms with van der Waals surface area (Å²) < 4.78 is 12.3. The van der Waals surface area contributed by atoms with Crippen LogP contribution in [0.4, 0.5) is 0 Å². The lowest BCUT2D eigenvalue weighted by Crippen LogP contribution is -2.42. The third kappa shape index (κ3) is 5.00. The molecular weight excluding hydrogens is 370 g/mol. The van der Waals surface area contributed by atoms with E-state index in [1.165, 1.54) is 27.5 Å². The fourth-order valence-electron chi connectivity index (χ4n) is 2.56. The Morgan fingerprint density at radius 3 is 2.25 bits per heavy atom. The lowest BCUT2D eigenvalue weighted by molar-refractivity contribution is -0.145. The number of carboxylic acids is 1. The van der Waals surface area contributed by atoms with E-state index in [1.54, 1.807) is 18.2 Å². The highest BCUT2D eigenvalue weighted by Crippen LogP contribution is 2.23. The van der Waals surface area contributed by atoms with Crippen LogP contribution in [0, 0.1) is 0 Å². The van der Waals surface area contributed by atoms with Crippen molar-refractivity contribution < 1.29 is 24.2 Å². The molecule has 1 aromatic carbocycles. The predicted molar refractivity (Wildman–Crippen MR) is 98.5 cm³/mol. The quantitative estimate of drug-likeness (QED) is 0.655. The molecule has 0 aliphatic heterocycles. The molecule has 2 aromatic rings. The van der Waals surface area contributed by atoms with Crippen molar-refractivity contribution in [2.75, 3.05) is 20.8 Å². The van der Waals surface area contributed by atoms with Gasteiger partial charge in [-0.3, -0.25) is 23.5 Å². The molecule has 0 saturated carbocycles. The molecule has 0 unspecified atom stereocenters. The topological polar surface area (TPSA) is 120 Å². The van der Waals surface area contributed by atoms with Crippen LogP contribution in [-0.4, -0.2) is 51.8 Å². The Morgan fingerprint density at radius 2 is 1.71 bits per heavy atom. The molecule has 1 aromatic heterocycles. The maximum Gasteiger partial charge on any atom is 0.331 e. The molecule has 2 rings (SSSR count). The summed E-state index contributed by atoms with van der Waals surface area (Å²) in [5, 5.41) is 9.16. The molecule has 0 fully saturated rings. The Hall–Kier alpha value is -3.56. The van der Waals surface area contributed by atoms with E-state index in [1.807, 2.05) is 0 Å². The summed E-state index contributed by atoms with van der Waals surface area (Å²) in [6, 6.07) is 6.12. The van der Waals surface area contributed by atoms with Crippen LogP contribution in [0.2, 0.25) is 0 Å². The van der Waals surface area contributed by atoms with Gasteiger partial charge in [0, 0.05) is 31.9 Å². The summed E-state index contributed by atoms with van der Waals surface area (Å²) in [4.78, 5) is 48.5. The number of aliphatic carboxylic acids is 1. The van der Waals surface area contributed by atoms with Crippen LogP contribution in [0.25, 0.3) is 0 Å². The van der Waals surface area contributed by atoms with E-state index in [2.05, 4.69) is 0 Å². The van der Waals surface area contributed by atoms with Crippen molar-refractivity contribution in [2.45, 2.75) is 13.1 Å². The van der Waals surface area contributed by atoms with E-state index in [4.69, 9.17) is 14.6 Å². The molecule has 28 heavy (non-hydrogen) atoms. The van der Waals surface area contributed by atoms with Crippen molar-refractivity contribution in [3.63, 3.8) is 0 Å². The minimum absolute atomic E-state index is 0.0286. The van der Waals surface area contributed by atoms with E-state index in [-0.39, 0.29) is 6.54 Å². The smallest absolute Gasteiger partial charge is 0.331 e. The second kappa shape index (κ2) is 8.89. The Labute approximate surface area is 160 Å². The number of methoxy groups -OCH3 is 2. The zero-order chi connectivity index (χ0) is 20.8. The second-order valence-corrected chi connectivity index (χ2v) is 5.99. The predicted octanol–water partition coefficient (Wildman–Crippen LogP) is -0.322. The van der Waals surface area contributed by atoms with Crippen LogP contribution < -0.4 is 20.7 Å². The van der Waals surface area contributed by atoms with Crippen LogP contribution in [0.3, 0.4) is 0 Å². The first-order valence-electron chi connectivity index (χ1n) is 8.23. The zero-order valence-electron chi connectivity index (χ0n) is 15.7. The van der Waals surface area contributed by atoms with Gasteiger partial charge in [0.2, 0.25) is 5.91 Å². The molecule has 10 heteroatoms. The third-order valence-corrected chi connectivity index (χ3v) is 4.03. The zero-order valence-corrected chi connectivity index (χ0v) is 15.7. The van der Waals surface area contributed by atoms with Gasteiger partial charge in [-0.2, -0.15) is 0 Å². The van der Waals surface area contributed by atoms with E-state index >= 15 is 0 Å². The van der Waals surface area contributed by atoms with Gasteiger partial charge < -0.3 is 19.5 Å². The molecular formula is C18H21N3O7. The van der Waals surface area contributed by atoms with Crippen molar-refractivity contribution in [3.8, 4) is 11.5 Å². The number of carbonyl (C=O) groups excluding carboxylic acids is 1. The summed E-state index contributed by atoms with van der Waals surface area (Å²) in [5.41, 5.74) is -0.572. The molecule has 0 spiro atoms. The van der Waals surface area contributed by atoms with E-state index in [0.29, 0.717) is 17.1 Å². The second-order valence-electron chi connectivity index (χ2n) is 5.99. The van der Waals surface area contributed by atoms with Gasteiger partial charge in [0.05, 0.1) is 14.2 Å². The highest BCUT2D eigenvalue weighted by molar-refractivity contribution is 5.81. The molecule has 0 aliphatic rings. The standard InChI is InChI=1S/C18H21N3O7/c1-19-15(22)4-5-20(18(19)26)10-16(23)21(11-17(24)25)9-12-6-13(27-2)8-14(7-12)28-3/h4-8H,9-11H2,1-3H3,(H,24,25). The minimum atomic E-state index is -1.20. The van der Waals surface area contributed by atoms with Gasteiger partial charge in [-0.25, -0.2) is 4.79 Å². The third-order valence-electron chi connectivity index (χ3n) is 4.03. The highest BCUT2D eigenvalue weighted by atomic mass is 16.5. The van der Waals surface area contributed by atoms with Gasteiger partial charge >= 0.3 is 11.7 Å². The Kier molecular flexibility index (Phi) is 6.59. The molecule has 0 saturated heterocycles. The molecule has 0 atom stereocenters. The number of nitrogens with zero attached hydrogens (tertiary/aromatic N) is 3. The van der Waals surface area contributed by atoms with Crippen LogP contribution >= 0.6 is 0 Å².